The van der Waals surface area contributed by atoms with Crippen LogP contribution in [0.15, 0.2) is 18.2 Å². The van der Waals surface area contributed by atoms with Gasteiger partial charge >= 0.3 is 0 Å². The molecule has 0 radical (unpaired) electrons. The van der Waals surface area contributed by atoms with E-state index in [-0.39, 0.29) is 6.04 Å². The van der Waals surface area contributed by atoms with Crippen molar-refractivity contribution < 1.29 is 9.84 Å². The molecule has 1 aliphatic rings. The van der Waals surface area contributed by atoms with Crippen LogP contribution in [0.3, 0.4) is 0 Å². The quantitative estimate of drug-likeness (QED) is 0.829. The Labute approximate surface area is 116 Å². The van der Waals surface area contributed by atoms with E-state index in [0.717, 1.165) is 31.4 Å². The summed E-state index contributed by atoms with van der Waals surface area (Å²) in [6, 6.07) is 6.49. The van der Waals surface area contributed by atoms with E-state index in [1.165, 1.54) is 11.1 Å². The molecule has 0 aliphatic heterocycles. The minimum absolute atomic E-state index is 0.236. The van der Waals surface area contributed by atoms with Crippen LogP contribution in [0.2, 0.25) is 0 Å². The maximum atomic E-state index is 10.2. The Morgan fingerprint density at radius 3 is 2.68 bits per heavy atom. The Balaban J connectivity index is 2.09. The largest absolute Gasteiger partial charge is 0.496 e. The number of hydrogen-bond donors (Lipinski definition) is 2. The zero-order valence-corrected chi connectivity index (χ0v) is 12.2. The molecule has 106 valence electrons. The third kappa shape index (κ3) is 3.28. The fourth-order valence-corrected chi connectivity index (χ4v) is 2.68. The summed E-state index contributed by atoms with van der Waals surface area (Å²) < 4.78 is 5.45. The second-order valence-corrected chi connectivity index (χ2v) is 5.67. The van der Waals surface area contributed by atoms with Crippen LogP contribution in [0.5, 0.6) is 5.75 Å². The minimum atomic E-state index is -0.482. The Morgan fingerprint density at radius 2 is 2.16 bits per heavy atom. The zero-order valence-electron chi connectivity index (χ0n) is 12.2. The van der Waals surface area contributed by atoms with Gasteiger partial charge in [-0.3, -0.25) is 0 Å². The van der Waals surface area contributed by atoms with Crippen LogP contribution < -0.4 is 10.1 Å². The Hall–Kier alpha value is -1.06. The third-order valence-corrected chi connectivity index (χ3v) is 4.13. The van der Waals surface area contributed by atoms with Crippen molar-refractivity contribution in [1.29, 1.82) is 0 Å². The molecule has 1 atom stereocenters. The second kappa shape index (κ2) is 5.93. The van der Waals surface area contributed by atoms with Gasteiger partial charge in [-0.25, -0.2) is 0 Å². The lowest BCUT2D eigenvalue weighted by atomic mass is 9.80. The van der Waals surface area contributed by atoms with Gasteiger partial charge in [0.25, 0.3) is 0 Å². The fourth-order valence-electron chi connectivity index (χ4n) is 2.68. The summed E-state index contributed by atoms with van der Waals surface area (Å²) in [6.07, 6.45) is 3.96. The first-order valence-corrected chi connectivity index (χ1v) is 7.18. The van der Waals surface area contributed by atoms with Crippen LogP contribution in [0.1, 0.15) is 49.8 Å². The zero-order chi connectivity index (χ0) is 13.9. The first-order valence-electron chi connectivity index (χ1n) is 7.18. The molecular weight excluding hydrogens is 238 g/mol. The molecule has 0 heterocycles. The molecule has 1 saturated carbocycles. The second-order valence-electron chi connectivity index (χ2n) is 5.67. The number of hydrogen-bond acceptors (Lipinski definition) is 3. The van der Waals surface area contributed by atoms with Crippen molar-refractivity contribution >= 4 is 0 Å². The van der Waals surface area contributed by atoms with Crippen LogP contribution in [0, 0.1) is 6.92 Å². The maximum Gasteiger partial charge on any atom is 0.123 e. The normalized spacial score (nSPS) is 18.7. The van der Waals surface area contributed by atoms with Gasteiger partial charge in [-0.2, -0.15) is 0 Å². The van der Waals surface area contributed by atoms with Crippen molar-refractivity contribution in [2.45, 2.75) is 51.2 Å². The summed E-state index contributed by atoms with van der Waals surface area (Å²) in [5, 5.41) is 13.7. The van der Waals surface area contributed by atoms with Gasteiger partial charge < -0.3 is 15.2 Å². The van der Waals surface area contributed by atoms with Gasteiger partial charge in [-0.05, 0) is 38.7 Å². The molecule has 1 fully saturated rings. The number of aliphatic hydroxyl groups is 1. The highest BCUT2D eigenvalue weighted by molar-refractivity contribution is 5.39. The average Bonchev–Trinajstić information content (AvgIpc) is 2.37. The van der Waals surface area contributed by atoms with E-state index in [2.05, 4.69) is 31.3 Å². The first-order chi connectivity index (χ1) is 9.08. The summed E-state index contributed by atoms with van der Waals surface area (Å²) in [7, 11) is 1.71. The van der Waals surface area contributed by atoms with E-state index < -0.39 is 5.60 Å². The van der Waals surface area contributed by atoms with E-state index in [9.17, 15) is 5.11 Å². The molecule has 3 heteroatoms. The predicted molar refractivity (Wildman–Crippen MR) is 77.6 cm³/mol. The maximum absolute atomic E-state index is 10.2. The highest BCUT2D eigenvalue weighted by Crippen LogP contribution is 2.33. The highest BCUT2D eigenvalue weighted by Gasteiger charge is 2.34. The number of ether oxygens (including phenoxy) is 1. The molecule has 1 aromatic carbocycles. The molecule has 0 bridgehead atoms. The summed E-state index contributed by atoms with van der Waals surface area (Å²) in [5.41, 5.74) is 1.94. The molecule has 2 N–H and O–H groups in total. The lowest BCUT2D eigenvalue weighted by Crippen LogP contribution is -2.47. The van der Waals surface area contributed by atoms with Crippen molar-refractivity contribution in [3.05, 3.63) is 29.3 Å². The molecule has 1 aromatic rings. The molecule has 19 heavy (non-hydrogen) atoms. The average molecular weight is 263 g/mol. The Morgan fingerprint density at radius 1 is 1.42 bits per heavy atom. The van der Waals surface area contributed by atoms with E-state index >= 15 is 0 Å². The van der Waals surface area contributed by atoms with Crippen molar-refractivity contribution in [3.8, 4) is 5.75 Å². The van der Waals surface area contributed by atoms with Crippen LogP contribution in [0.25, 0.3) is 0 Å². The van der Waals surface area contributed by atoms with Crippen molar-refractivity contribution in [1.82, 2.24) is 5.32 Å². The standard InChI is InChI=1S/C16H25NO2/c1-4-14(17-11-16(18)8-5-9-16)13-10-12(2)6-7-15(13)19-3/h6-7,10,14,17-18H,4-5,8-9,11H2,1-3H3. The van der Waals surface area contributed by atoms with Gasteiger partial charge in [0.05, 0.1) is 12.7 Å². The molecule has 1 aliphatic carbocycles. The van der Waals surface area contributed by atoms with Crippen molar-refractivity contribution in [2.24, 2.45) is 0 Å². The van der Waals surface area contributed by atoms with Gasteiger partial charge in [0.15, 0.2) is 0 Å². The van der Waals surface area contributed by atoms with Gasteiger partial charge in [-0.15, -0.1) is 0 Å². The summed E-state index contributed by atoms with van der Waals surface area (Å²) in [5.74, 6) is 0.922. The monoisotopic (exact) mass is 263 g/mol. The van der Waals surface area contributed by atoms with E-state index in [0.29, 0.717) is 6.54 Å². The predicted octanol–water partition coefficient (Wildman–Crippen LogP) is 2.96. The summed E-state index contributed by atoms with van der Waals surface area (Å²) in [6.45, 7) is 4.92. The fraction of sp³-hybridized carbons (Fsp3) is 0.625. The lowest BCUT2D eigenvalue weighted by molar-refractivity contribution is -0.0334. The van der Waals surface area contributed by atoms with Gasteiger partial charge in [0, 0.05) is 18.2 Å². The smallest absolute Gasteiger partial charge is 0.123 e. The number of rotatable bonds is 6. The molecule has 0 aromatic heterocycles. The molecule has 0 amide bonds. The van der Waals surface area contributed by atoms with E-state index in [1.807, 2.05) is 6.07 Å². The van der Waals surface area contributed by atoms with Crippen LogP contribution in [0.4, 0.5) is 0 Å². The molecule has 1 unspecified atom stereocenters. The van der Waals surface area contributed by atoms with Crippen LogP contribution in [-0.4, -0.2) is 24.4 Å². The molecular formula is C16H25NO2. The Bertz CT molecular complexity index is 427. The summed E-state index contributed by atoms with van der Waals surface area (Å²) in [4.78, 5) is 0. The third-order valence-electron chi connectivity index (χ3n) is 4.13. The number of aryl methyl sites for hydroxylation is 1. The lowest BCUT2D eigenvalue weighted by Gasteiger charge is -2.38. The molecule has 0 spiro atoms. The molecule has 3 nitrogen and oxygen atoms in total. The number of benzene rings is 1. The number of nitrogens with one attached hydrogen (secondary N) is 1. The van der Waals surface area contributed by atoms with Crippen molar-refractivity contribution in [2.75, 3.05) is 13.7 Å². The van der Waals surface area contributed by atoms with Gasteiger partial charge in [0.1, 0.15) is 5.75 Å². The van der Waals surface area contributed by atoms with E-state index in [1.54, 1.807) is 7.11 Å². The van der Waals surface area contributed by atoms with Gasteiger partial charge in [-0.1, -0.05) is 24.6 Å². The van der Waals surface area contributed by atoms with Crippen LogP contribution >= 0.6 is 0 Å². The topological polar surface area (TPSA) is 41.5 Å². The molecule has 0 saturated heterocycles. The van der Waals surface area contributed by atoms with Gasteiger partial charge in [0.2, 0.25) is 0 Å². The summed E-state index contributed by atoms with van der Waals surface area (Å²) >= 11 is 0. The van der Waals surface area contributed by atoms with E-state index in [4.69, 9.17) is 4.74 Å². The van der Waals surface area contributed by atoms with Crippen molar-refractivity contribution in [3.63, 3.8) is 0 Å². The minimum Gasteiger partial charge on any atom is -0.496 e. The molecule has 2 rings (SSSR count). The van der Waals surface area contributed by atoms with Crippen LogP contribution in [-0.2, 0) is 0 Å². The Kier molecular flexibility index (Phi) is 4.48. The highest BCUT2D eigenvalue weighted by atomic mass is 16.5. The number of methoxy groups -OCH3 is 1. The SMILES string of the molecule is CCC(NCC1(O)CCC1)c1cc(C)ccc1OC. The first kappa shape index (κ1) is 14.4.